The Hall–Kier alpha value is -2.29. The summed E-state index contributed by atoms with van der Waals surface area (Å²) in [6, 6.07) is 16.7. The van der Waals surface area contributed by atoms with Gasteiger partial charge in [-0.2, -0.15) is 0 Å². The van der Waals surface area contributed by atoms with E-state index in [1.54, 1.807) is 0 Å². The van der Waals surface area contributed by atoms with Crippen molar-refractivity contribution in [3.8, 4) is 0 Å². The van der Waals surface area contributed by atoms with Crippen LogP contribution < -0.4 is 5.32 Å². The van der Waals surface area contributed by atoms with Gasteiger partial charge in [-0.15, -0.1) is 0 Å². The monoisotopic (exact) mass is 279 g/mol. The van der Waals surface area contributed by atoms with Crippen LogP contribution in [-0.2, 0) is 13.6 Å². The van der Waals surface area contributed by atoms with Crippen LogP contribution >= 0.6 is 0 Å². The second-order valence-corrected chi connectivity index (χ2v) is 5.67. The molecule has 21 heavy (non-hydrogen) atoms. The van der Waals surface area contributed by atoms with E-state index in [2.05, 4.69) is 73.2 Å². The van der Waals surface area contributed by atoms with E-state index in [1.807, 2.05) is 6.07 Å². The summed E-state index contributed by atoms with van der Waals surface area (Å²) in [5.74, 6) is 1.56. The molecule has 108 valence electrons. The van der Waals surface area contributed by atoms with Crippen molar-refractivity contribution in [2.45, 2.75) is 26.3 Å². The molecule has 0 saturated carbocycles. The van der Waals surface area contributed by atoms with Crippen LogP contribution in [-0.4, -0.2) is 9.55 Å². The Morgan fingerprint density at radius 3 is 2.52 bits per heavy atom. The first kappa shape index (κ1) is 13.7. The van der Waals surface area contributed by atoms with Gasteiger partial charge >= 0.3 is 0 Å². The van der Waals surface area contributed by atoms with Gasteiger partial charge in [-0.3, -0.25) is 0 Å². The largest absolute Gasteiger partial charge is 0.378 e. The molecule has 0 fully saturated rings. The number of para-hydroxylation sites is 3. The lowest BCUT2D eigenvalue weighted by molar-refractivity contribution is 0.826. The van der Waals surface area contributed by atoms with E-state index in [1.165, 1.54) is 16.8 Å². The molecule has 2 aromatic carbocycles. The zero-order chi connectivity index (χ0) is 14.8. The smallest absolute Gasteiger partial charge is 0.128 e. The van der Waals surface area contributed by atoms with Crippen molar-refractivity contribution < 1.29 is 0 Å². The molecular formula is C18H21N3. The van der Waals surface area contributed by atoms with E-state index in [0.717, 1.165) is 17.9 Å². The minimum absolute atomic E-state index is 0.508. The predicted octanol–water partition coefficient (Wildman–Crippen LogP) is 4.31. The fourth-order valence-electron chi connectivity index (χ4n) is 2.69. The molecule has 0 aliphatic heterocycles. The Kier molecular flexibility index (Phi) is 3.65. The maximum Gasteiger partial charge on any atom is 0.128 e. The first-order valence-corrected chi connectivity index (χ1v) is 7.40. The zero-order valence-corrected chi connectivity index (χ0v) is 12.8. The van der Waals surface area contributed by atoms with Crippen molar-refractivity contribution in [3.05, 3.63) is 59.9 Å². The molecule has 3 nitrogen and oxygen atoms in total. The summed E-state index contributed by atoms with van der Waals surface area (Å²) in [5, 5.41) is 3.53. The molecule has 1 aromatic heterocycles. The lowest BCUT2D eigenvalue weighted by Gasteiger charge is -2.14. The number of hydrogen-bond acceptors (Lipinski definition) is 2. The Morgan fingerprint density at radius 2 is 1.76 bits per heavy atom. The lowest BCUT2D eigenvalue weighted by atomic mass is 10.0. The molecule has 0 saturated heterocycles. The summed E-state index contributed by atoms with van der Waals surface area (Å²) in [6.07, 6.45) is 0. The van der Waals surface area contributed by atoms with Crippen LogP contribution in [0, 0.1) is 0 Å². The van der Waals surface area contributed by atoms with Gasteiger partial charge < -0.3 is 9.88 Å². The molecule has 0 spiro atoms. The van der Waals surface area contributed by atoms with Gasteiger partial charge in [-0.25, -0.2) is 4.98 Å². The van der Waals surface area contributed by atoms with Gasteiger partial charge in [-0.1, -0.05) is 44.2 Å². The fraction of sp³-hybridized carbons (Fsp3) is 0.278. The quantitative estimate of drug-likeness (QED) is 0.771. The highest BCUT2D eigenvalue weighted by molar-refractivity contribution is 5.75. The van der Waals surface area contributed by atoms with Crippen LogP contribution in [0.25, 0.3) is 11.0 Å². The van der Waals surface area contributed by atoms with Gasteiger partial charge in [0.25, 0.3) is 0 Å². The number of aromatic nitrogens is 2. The van der Waals surface area contributed by atoms with Gasteiger partial charge in [0, 0.05) is 12.7 Å². The number of imidazole rings is 1. The van der Waals surface area contributed by atoms with Crippen molar-refractivity contribution in [2.24, 2.45) is 7.05 Å². The molecule has 0 bridgehead atoms. The topological polar surface area (TPSA) is 29.9 Å². The number of aryl methyl sites for hydroxylation is 1. The van der Waals surface area contributed by atoms with Crippen LogP contribution in [0.3, 0.4) is 0 Å². The number of hydrogen-bond donors (Lipinski definition) is 1. The molecular weight excluding hydrogens is 258 g/mol. The van der Waals surface area contributed by atoms with Crippen LogP contribution in [0.5, 0.6) is 0 Å². The fourth-order valence-corrected chi connectivity index (χ4v) is 2.69. The number of benzene rings is 2. The SMILES string of the molecule is CC(C)c1ccccc1NCc1nc2ccccc2n1C. The summed E-state index contributed by atoms with van der Waals surface area (Å²) in [6.45, 7) is 5.17. The van der Waals surface area contributed by atoms with Crippen LogP contribution in [0.4, 0.5) is 5.69 Å². The third kappa shape index (κ3) is 2.64. The van der Waals surface area contributed by atoms with Crippen molar-refractivity contribution in [1.82, 2.24) is 9.55 Å². The molecule has 0 amide bonds. The van der Waals surface area contributed by atoms with Gasteiger partial charge in [0.2, 0.25) is 0 Å². The molecule has 0 aliphatic rings. The summed E-state index contributed by atoms with van der Waals surface area (Å²) in [5.41, 5.74) is 4.76. The predicted molar refractivity (Wildman–Crippen MR) is 88.6 cm³/mol. The minimum atomic E-state index is 0.508. The van der Waals surface area contributed by atoms with E-state index in [9.17, 15) is 0 Å². The second kappa shape index (κ2) is 5.60. The van der Waals surface area contributed by atoms with Crippen LogP contribution in [0.2, 0.25) is 0 Å². The van der Waals surface area contributed by atoms with Crippen molar-refractivity contribution in [2.75, 3.05) is 5.32 Å². The lowest BCUT2D eigenvalue weighted by Crippen LogP contribution is -2.07. The maximum absolute atomic E-state index is 4.70. The Morgan fingerprint density at radius 1 is 1.05 bits per heavy atom. The first-order chi connectivity index (χ1) is 10.2. The first-order valence-electron chi connectivity index (χ1n) is 7.40. The average molecular weight is 279 g/mol. The van der Waals surface area contributed by atoms with Crippen molar-refractivity contribution in [1.29, 1.82) is 0 Å². The van der Waals surface area contributed by atoms with E-state index in [-0.39, 0.29) is 0 Å². The molecule has 0 radical (unpaired) electrons. The van der Waals surface area contributed by atoms with Gasteiger partial charge in [0.15, 0.2) is 0 Å². The summed E-state index contributed by atoms with van der Waals surface area (Å²) in [4.78, 5) is 4.70. The summed E-state index contributed by atoms with van der Waals surface area (Å²) in [7, 11) is 2.07. The average Bonchev–Trinajstić information content (AvgIpc) is 2.82. The van der Waals surface area contributed by atoms with Crippen molar-refractivity contribution >= 4 is 16.7 Å². The van der Waals surface area contributed by atoms with Gasteiger partial charge in [-0.05, 0) is 29.7 Å². The van der Waals surface area contributed by atoms with Crippen LogP contribution in [0.15, 0.2) is 48.5 Å². The standard InChI is InChI=1S/C18H21N3/c1-13(2)14-8-4-5-9-15(14)19-12-18-20-16-10-6-7-11-17(16)21(18)3/h4-11,13,19H,12H2,1-3H3. The van der Waals surface area contributed by atoms with E-state index < -0.39 is 0 Å². The summed E-state index contributed by atoms with van der Waals surface area (Å²) >= 11 is 0. The number of rotatable bonds is 4. The van der Waals surface area contributed by atoms with Gasteiger partial charge in [0.1, 0.15) is 5.82 Å². The Bertz CT molecular complexity index is 756. The molecule has 3 aromatic rings. The second-order valence-electron chi connectivity index (χ2n) is 5.67. The molecule has 0 unspecified atom stereocenters. The Balaban J connectivity index is 1.85. The molecule has 1 N–H and O–H groups in total. The molecule has 3 rings (SSSR count). The van der Waals surface area contributed by atoms with Crippen LogP contribution in [0.1, 0.15) is 31.2 Å². The summed E-state index contributed by atoms with van der Waals surface area (Å²) < 4.78 is 2.15. The number of anilines is 1. The molecule has 0 atom stereocenters. The van der Waals surface area contributed by atoms with E-state index in [4.69, 9.17) is 4.98 Å². The highest BCUT2D eigenvalue weighted by Crippen LogP contribution is 2.24. The minimum Gasteiger partial charge on any atom is -0.378 e. The zero-order valence-electron chi connectivity index (χ0n) is 12.8. The third-order valence-electron chi connectivity index (χ3n) is 3.90. The number of nitrogens with one attached hydrogen (secondary N) is 1. The highest BCUT2D eigenvalue weighted by Gasteiger charge is 2.09. The maximum atomic E-state index is 4.70. The number of fused-ring (bicyclic) bond motifs is 1. The third-order valence-corrected chi connectivity index (χ3v) is 3.90. The van der Waals surface area contributed by atoms with Gasteiger partial charge in [0.05, 0.1) is 17.6 Å². The van der Waals surface area contributed by atoms with E-state index in [0.29, 0.717) is 5.92 Å². The number of nitrogens with zero attached hydrogens (tertiary/aromatic N) is 2. The molecule has 1 heterocycles. The molecule has 0 aliphatic carbocycles. The normalized spacial score (nSPS) is 11.2. The highest BCUT2D eigenvalue weighted by atomic mass is 15.1. The molecule has 3 heteroatoms. The van der Waals surface area contributed by atoms with Crippen molar-refractivity contribution in [3.63, 3.8) is 0 Å². The van der Waals surface area contributed by atoms with E-state index >= 15 is 0 Å². The Labute approximate surface area is 125 Å².